The van der Waals surface area contributed by atoms with Crippen molar-refractivity contribution >= 4 is 11.8 Å². The molecule has 0 N–H and O–H groups in total. The van der Waals surface area contributed by atoms with Crippen molar-refractivity contribution in [1.29, 1.82) is 0 Å². The number of rotatable bonds is 6. The molecule has 0 spiro atoms. The predicted molar refractivity (Wildman–Crippen MR) is 73.2 cm³/mol. The zero-order valence-electron chi connectivity index (χ0n) is 12.0. The van der Waals surface area contributed by atoms with Crippen LogP contribution in [-0.4, -0.2) is 34.5 Å². The van der Waals surface area contributed by atoms with E-state index in [2.05, 4.69) is 5.92 Å². The highest BCUT2D eigenvalue weighted by atomic mass is 16.5. The van der Waals surface area contributed by atoms with E-state index in [4.69, 9.17) is 11.2 Å². The largest absolute Gasteiger partial charge is 0.374 e. The van der Waals surface area contributed by atoms with Gasteiger partial charge in [-0.1, -0.05) is 0 Å². The molecule has 0 unspecified atom stereocenters. The average Bonchev–Trinajstić information content (AvgIpc) is 2.58. The molecule has 4 heteroatoms. The Morgan fingerprint density at radius 3 is 2.21 bits per heavy atom. The van der Waals surface area contributed by atoms with Crippen LogP contribution >= 0.6 is 0 Å². The Labute approximate surface area is 114 Å². The van der Waals surface area contributed by atoms with Crippen molar-refractivity contribution in [2.45, 2.75) is 51.7 Å². The number of carbonyl (C=O) groups excluding carboxylic acids is 2. The van der Waals surface area contributed by atoms with Crippen molar-refractivity contribution in [3.8, 4) is 12.3 Å². The maximum atomic E-state index is 11.6. The molecule has 0 saturated heterocycles. The lowest BCUT2D eigenvalue weighted by molar-refractivity contribution is -0.143. The van der Waals surface area contributed by atoms with E-state index in [1.807, 2.05) is 27.7 Å². The summed E-state index contributed by atoms with van der Waals surface area (Å²) in [5.74, 6) is 2.04. The molecule has 1 aliphatic heterocycles. The number of nitrogens with zero attached hydrogens (tertiary/aromatic N) is 1. The van der Waals surface area contributed by atoms with E-state index in [1.54, 1.807) is 0 Å². The first-order chi connectivity index (χ1) is 8.69. The van der Waals surface area contributed by atoms with E-state index in [0.717, 1.165) is 0 Å². The lowest BCUT2D eigenvalue weighted by Gasteiger charge is -2.35. The Morgan fingerprint density at radius 2 is 1.74 bits per heavy atom. The molecular weight excluding hydrogens is 242 g/mol. The van der Waals surface area contributed by atoms with Crippen molar-refractivity contribution < 1.29 is 14.3 Å². The summed E-state index contributed by atoms with van der Waals surface area (Å²) in [6.07, 6.45) is 8.96. The quantitative estimate of drug-likeness (QED) is 0.543. The highest BCUT2D eigenvalue weighted by Gasteiger charge is 2.37. The van der Waals surface area contributed by atoms with Crippen molar-refractivity contribution in [2.24, 2.45) is 0 Å². The Bertz CT molecular complexity index is 423. The molecule has 1 heterocycles. The van der Waals surface area contributed by atoms with Gasteiger partial charge in [0.1, 0.15) is 0 Å². The lowest BCUT2D eigenvalue weighted by atomic mass is 9.98. The molecule has 0 aromatic heterocycles. The van der Waals surface area contributed by atoms with Crippen LogP contribution in [0.15, 0.2) is 12.2 Å². The zero-order chi connectivity index (χ0) is 14.7. The van der Waals surface area contributed by atoms with Gasteiger partial charge in [-0.25, -0.2) is 0 Å². The summed E-state index contributed by atoms with van der Waals surface area (Å²) in [5, 5.41) is 0. The van der Waals surface area contributed by atoms with Gasteiger partial charge < -0.3 is 4.74 Å². The number of imide groups is 1. The molecular formula is C15H21NO3. The second-order valence-corrected chi connectivity index (χ2v) is 5.90. The van der Waals surface area contributed by atoms with Gasteiger partial charge in [-0.2, -0.15) is 0 Å². The highest BCUT2D eigenvalue weighted by molar-refractivity contribution is 6.13. The number of hydrogen-bond donors (Lipinski definition) is 0. The first-order valence-corrected chi connectivity index (χ1v) is 6.33. The second kappa shape index (κ2) is 5.58. The second-order valence-electron chi connectivity index (χ2n) is 5.90. The molecule has 1 rings (SSSR count). The topological polar surface area (TPSA) is 46.6 Å². The van der Waals surface area contributed by atoms with E-state index in [9.17, 15) is 9.59 Å². The maximum absolute atomic E-state index is 11.6. The van der Waals surface area contributed by atoms with Crippen LogP contribution in [0.4, 0.5) is 0 Å². The molecule has 0 fully saturated rings. The number of amides is 2. The molecule has 0 aliphatic carbocycles. The van der Waals surface area contributed by atoms with Gasteiger partial charge in [0.2, 0.25) is 0 Å². The third kappa shape index (κ3) is 3.93. The smallest absolute Gasteiger partial charge is 0.254 e. The molecule has 0 radical (unpaired) electrons. The normalized spacial score (nSPS) is 16.1. The molecule has 0 aromatic rings. The van der Waals surface area contributed by atoms with Gasteiger partial charge in [0.05, 0.1) is 5.60 Å². The van der Waals surface area contributed by atoms with E-state index in [-0.39, 0.29) is 17.4 Å². The Balaban J connectivity index is 2.55. The van der Waals surface area contributed by atoms with Crippen molar-refractivity contribution in [2.75, 3.05) is 6.61 Å². The molecule has 0 aromatic carbocycles. The van der Waals surface area contributed by atoms with Gasteiger partial charge in [-0.15, -0.1) is 12.3 Å². The molecule has 104 valence electrons. The number of carbonyl (C=O) groups is 2. The summed E-state index contributed by atoms with van der Waals surface area (Å²) >= 11 is 0. The first kappa shape index (κ1) is 15.5. The number of ether oxygens (including phenoxy) is 1. The fourth-order valence-corrected chi connectivity index (χ4v) is 1.98. The van der Waals surface area contributed by atoms with Crippen LogP contribution in [0.5, 0.6) is 0 Å². The monoisotopic (exact) mass is 263 g/mol. The van der Waals surface area contributed by atoms with E-state index in [1.165, 1.54) is 17.1 Å². The summed E-state index contributed by atoms with van der Waals surface area (Å²) < 4.78 is 5.72. The zero-order valence-corrected chi connectivity index (χ0v) is 12.0. The standard InChI is InChI=1S/C15H21NO3/c1-6-9-15(4,5)19-11-10-14(2,3)16-12(17)7-8-13(16)18/h1,7-8H,9-11H2,2-5H3. The van der Waals surface area contributed by atoms with Gasteiger partial charge in [-0.3, -0.25) is 14.5 Å². The van der Waals surface area contributed by atoms with Crippen LogP contribution in [0.1, 0.15) is 40.5 Å². The highest BCUT2D eigenvalue weighted by Crippen LogP contribution is 2.24. The average molecular weight is 263 g/mol. The van der Waals surface area contributed by atoms with Crippen LogP contribution in [0, 0.1) is 12.3 Å². The molecule has 19 heavy (non-hydrogen) atoms. The SMILES string of the molecule is C#CCC(C)(C)OCCC(C)(C)N1C(=O)C=CC1=O. The third-order valence-corrected chi connectivity index (χ3v) is 3.15. The van der Waals surface area contributed by atoms with Crippen LogP contribution in [0.3, 0.4) is 0 Å². The van der Waals surface area contributed by atoms with Crippen molar-refractivity contribution in [3.05, 3.63) is 12.2 Å². The molecule has 0 saturated carbocycles. The summed E-state index contributed by atoms with van der Waals surface area (Å²) in [6, 6.07) is 0. The molecule has 2 amide bonds. The Hall–Kier alpha value is -1.60. The first-order valence-electron chi connectivity index (χ1n) is 6.33. The summed E-state index contributed by atoms with van der Waals surface area (Å²) in [6.45, 7) is 8.00. The van der Waals surface area contributed by atoms with Crippen molar-refractivity contribution in [3.63, 3.8) is 0 Å². The van der Waals surface area contributed by atoms with Gasteiger partial charge in [0, 0.05) is 30.7 Å². The van der Waals surface area contributed by atoms with Crippen LogP contribution < -0.4 is 0 Å². The van der Waals surface area contributed by atoms with E-state index >= 15 is 0 Å². The van der Waals surface area contributed by atoms with Crippen molar-refractivity contribution in [1.82, 2.24) is 4.90 Å². The van der Waals surface area contributed by atoms with Crippen LogP contribution in [0.25, 0.3) is 0 Å². The minimum atomic E-state index is -0.566. The summed E-state index contributed by atoms with van der Waals surface area (Å²) in [5.41, 5.74) is -0.952. The molecule has 0 atom stereocenters. The summed E-state index contributed by atoms with van der Waals surface area (Å²) in [4.78, 5) is 24.6. The maximum Gasteiger partial charge on any atom is 0.254 e. The fraction of sp³-hybridized carbons (Fsp3) is 0.600. The van der Waals surface area contributed by atoms with Gasteiger partial charge in [0.15, 0.2) is 0 Å². The lowest BCUT2D eigenvalue weighted by Crippen LogP contribution is -2.48. The van der Waals surface area contributed by atoms with Crippen LogP contribution in [0.2, 0.25) is 0 Å². The minimum Gasteiger partial charge on any atom is -0.374 e. The molecule has 0 bridgehead atoms. The minimum absolute atomic E-state index is 0.266. The van der Waals surface area contributed by atoms with Crippen LogP contribution in [-0.2, 0) is 14.3 Å². The predicted octanol–water partition coefficient (Wildman–Crippen LogP) is 1.90. The Morgan fingerprint density at radius 1 is 1.21 bits per heavy atom. The Kier molecular flexibility index (Phi) is 4.54. The number of hydrogen-bond acceptors (Lipinski definition) is 3. The molecule has 4 nitrogen and oxygen atoms in total. The summed E-state index contributed by atoms with van der Waals surface area (Å²) in [7, 11) is 0. The van der Waals surface area contributed by atoms with Gasteiger partial charge in [-0.05, 0) is 34.1 Å². The van der Waals surface area contributed by atoms with E-state index in [0.29, 0.717) is 19.4 Å². The van der Waals surface area contributed by atoms with E-state index < -0.39 is 5.54 Å². The fourth-order valence-electron chi connectivity index (χ4n) is 1.98. The van der Waals surface area contributed by atoms with Gasteiger partial charge >= 0.3 is 0 Å². The van der Waals surface area contributed by atoms with Gasteiger partial charge in [0.25, 0.3) is 11.8 Å². The third-order valence-electron chi connectivity index (χ3n) is 3.15. The number of terminal acetylenes is 1. The molecule has 1 aliphatic rings.